The van der Waals surface area contributed by atoms with Gasteiger partial charge in [0.1, 0.15) is 0 Å². The number of allylic oxidation sites excluding steroid dienone is 1. The molecule has 0 bridgehead atoms. The van der Waals surface area contributed by atoms with E-state index in [4.69, 9.17) is 24.8 Å². The monoisotopic (exact) mass is 387 g/mol. The van der Waals surface area contributed by atoms with Gasteiger partial charge in [-0.05, 0) is 40.5 Å². The Kier molecular flexibility index (Phi) is 9.73. The van der Waals surface area contributed by atoms with E-state index in [9.17, 15) is 4.79 Å². The number of carbonyl (C=O) groups is 1. The SMILES string of the molecule is CC(C)=CCOC(C)(C)C1CCCCC12CO2.O=C(O)N(CCO)CCO. The lowest BCUT2D eigenvalue weighted by molar-refractivity contribution is -0.0842. The van der Waals surface area contributed by atoms with Crippen LogP contribution in [0.15, 0.2) is 11.6 Å². The number of epoxide rings is 1. The second-order valence-electron chi connectivity index (χ2n) is 8.06. The summed E-state index contributed by atoms with van der Waals surface area (Å²) in [5.41, 5.74) is 1.43. The van der Waals surface area contributed by atoms with Gasteiger partial charge < -0.3 is 29.7 Å². The van der Waals surface area contributed by atoms with Gasteiger partial charge in [0.2, 0.25) is 0 Å². The van der Waals surface area contributed by atoms with Gasteiger partial charge in [-0.2, -0.15) is 0 Å². The molecule has 158 valence electrons. The molecule has 1 heterocycles. The second-order valence-corrected chi connectivity index (χ2v) is 8.06. The van der Waals surface area contributed by atoms with E-state index in [1.807, 2.05) is 0 Å². The van der Waals surface area contributed by atoms with Crippen molar-refractivity contribution < 1.29 is 29.6 Å². The van der Waals surface area contributed by atoms with Crippen LogP contribution in [0.2, 0.25) is 0 Å². The summed E-state index contributed by atoms with van der Waals surface area (Å²) in [6.07, 6.45) is 6.16. The lowest BCUT2D eigenvalue weighted by Gasteiger charge is -2.40. The summed E-state index contributed by atoms with van der Waals surface area (Å²) >= 11 is 0. The van der Waals surface area contributed by atoms with Crippen molar-refractivity contribution in [1.82, 2.24) is 4.90 Å². The first-order chi connectivity index (χ1) is 12.7. The van der Waals surface area contributed by atoms with Crippen molar-refractivity contribution in [2.45, 2.75) is 64.6 Å². The molecule has 0 aromatic rings. The largest absolute Gasteiger partial charge is 0.465 e. The van der Waals surface area contributed by atoms with Crippen molar-refractivity contribution in [2.24, 2.45) is 5.92 Å². The molecule has 1 saturated carbocycles. The number of nitrogens with zero attached hydrogens (tertiary/aromatic N) is 1. The Bertz CT molecular complexity index is 477. The first-order valence-corrected chi connectivity index (χ1v) is 9.79. The van der Waals surface area contributed by atoms with Gasteiger partial charge in [-0.25, -0.2) is 4.79 Å². The third-order valence-corrected chi connectivity index (χ3v) is 5.29. The minimum Gasteiger partial charge on any atom is -0.465 e. The van der Waals surface area contributed by atoms with Crippen molar-refractivity contribution >= 4 is 6.09 Å². The van der Waals surface area contributed by atoms with Crippen molar-refractivity contribution in [1.29, 1.82) is 0 Å². The Morgan fingerprint density at radius 2 is 1.85 bits per heavy atom. The van der Waals surface area contributed by atoms with Gasteiger partial charge in [-0.1, -0.05) is 24.5 Å². The molecular weight excluding hydrogens is 350 g/mol. The number of amides is 1. The number of hydrogen-bond donors (Lipinski definition) is 3. The van der Waals surface area contributed by atoms with Gasteiger partial charge in [0.15, 0.2) is 0 Å². The number of hydrogen-bond acceptors (Lipinski definition) is 5. The summed E-state index contributed by atoms with van der Waals surface area (Å²) in [6, 6.07) is 0. The number of aliphatic hydroxyl groups excluding tert-OH is 2. The van der Waals surface area contributed by atoms with Crippen LogP contribution < -0.4 is 0 Å². The van der Waals surface area contributed by atoms with Gasteiger partial charge in [0, 0.05) is 19.0 Å². The molecule has 1 aliphatic carbocycles. The highest BCUT2D eigenvalue weighted by atomic mass is 16.6. The Balaban J connectivity index is 0.000000314. The van der Waals surface area contributed by atoms with Crippen LogP contribution in [0.4, 0.5) is 4.79 Å². The maximum absolute atomic E-state index is 10.2. The summed E-state index contributed by atoms with van der Waals surface area (Å²) in [5.74, 6) is 0.564. The van der Waals surface area contributed by atoms with Gasteiger partial charge in [0.05, 0.1) is 37.6 Å². The first-order valence-electron chi connectivity index (χ1n) is 9.79. The van der Waals surface area contributed by atoms with Crippen molar-refractivity contribution in [3.63, 3.8) is 0 Å². The summed E-state index contributed by atoms with van der Waals surface area (Å²) < 4.78 is 11.9. The van der Waals surface area contributed by atoms with E-state index in [2.05, 4.69) is 33.8 Å². The van der Waals surface area contributed by atoms with Crippen LogP contribution in [0.3, 0.4) is 0 Å². The zero-order valence-corrected chi connectivity index (χ0v) is 17.2. The molecule has 2 fully saturated rings. The van der Waals surface area contributed by atoms with Gasteiger partial charge in [-0.3, -0.25) is 0 Å². The lowest BCUT2D eigenvalue weighted by Crippen LogP contribution is -2.45. The fourth-order valence-corrected chi connectivity index (χ4v) is 3.70. The molecule has 1 amide bonds. The molecule has 2 rings (SSSR count). The van der Waals surface area contributed by atoms with E-state index in [0.29, 0.717) is 5.92 Å². The fourth-order valence-electron chi connectivity index (χ4n) is 3.70. The zero-order valence-electron chi connectivity index (χ0n) is 17.2. The van der Waals surface area contributed by atoms with Crippen LogP contribution in [-0.2, 0) is 9.47 Å². The van der Waals surface area contributed by atoms with Crippen LogP contribution >= 0.6 is 0 Å². The Morgan fingerprint density at radius 3 is 2.30 bits per heavy atom. The third kappa shape index (κ3) is 7.78. The van der Waals surface area contributed by atoms with Crippen LogP contribution in [0.1, 0.15) is 53.4 Å². The van der Waals surface area contributed by atoms with E-state index in [1.165, 1.54) is 31.3 Å². The van der Waals surface area contributed by atoms with Crippen molar-refractivity contribution in [3.05, 3.63) is 11.6 Å². The number of ether oxygens (including phenoxy) is 2. The molecule has 7 heteroatoms. The highest BCUT2D eigenvalue weighted by molar-refractivity contribution is 5.64. The normalized spacial score (nSPS) is 24.0. The number of carboxylic acid groups (broad SMARTS) is 1. The molecular formula is C20H37NO6. The van der Waals surface area contributed by atoms with E-state index in [1.54, 1.807) is 0 Å². The fraction of sp³-hybridized carbons (Fsp3) is 0.850. The molecule has 1 spiro atoms. The van der Waals surface area contributed by atoms with E-state index >= 15 is 0 Å². The molecule has 1 saturated heterocycles. The molecule has 0 aromatic heterocycles. The smallest absolute Gasteiger partial charge is 0.407 e. The summed E-state index contributed by atoms with van der Waals surface area (Å²) in [5, 5.41) is 25.0. The predicted molar refractivity (Wildman–Crippen MR) is 104 cm³/mol. The van der Waals surface area contributed by atoms with Gasteiger partial charge >= 0.3 is 6.09 Å². The predicted octanol–water partition coefficient (Wildman–Crippen LogP) is 2.66. The van der Waals surface area contributed by atoms with Crippen molar-refractivity contribution in [3.8, 4) is 0 Å². The molecule has 7 nitrogen and oxygen atoms in total. The van der Waals surface area contributed by atoms with Gasteiger partial charge in [-0.15, -0.1) is 0 Å². The molecule has 0 radical (unpaired) electrons. The standard InChI is InChI=1S/C15H26O2.C5H11NO4/c1-12(2)8-10-16-14(3,4)13-7-5-6-9-15(13)11-17-15;7-3-1-6(2-4-8)5(9)10/h8,13H,5-7,9-11H2,1-4H3;7-8H,1-4H2,(H,9,10). The summed E-state index contributed by atoms with van der Waals surface area (Å²) in [6.45, 7) is 10.0. The van der Waals surface area contributed by atoms with Crippen LogP contribution in [0.5, 0.6) is 0 Å². The van der Waals surface area contributed by atoms with Gasteiger partial charge in [0.25, 0.3) is 0 Å². The molecule has 2 unspecified atom stereocenters. The first kappa shape index (κ1) is 23.9. The van der Waals surface area contributed by atoms with E-state index < -0.39 is 6.09 Å². The number of rotatable bonds is 8. The second kappa shape index (κ2) is 11.0. The average molecular weight is 388 g/mol. The maximum Gasteiger partial charge on any atom is 0.407 e. The molecule has 2 atom stereocenters. The minimum atomic E-state index is -1.12. The van der Waals surface area contributed by atoms with Crippen LogP contribution in [0.25, 0.3) is 0 Å². The summed E-state index contributed by atoms with van der Waals surface area (Å²) in [7, 11) is 0. The van der Waals surface area contributed by atoms with Crippen LogP contribution in [-0.4, -0.2) is 77.0 Å². The Hall–Kier alpha value is -1.15. The highest BCUT2D eigenvalue weighted by Gasteiger charge is 2.57. The Morgan fingerprint density at radius 1 is 1.26 bits per heavy atom. The topological polar surface area (TPSA) is 103 Å². The molecule has 0 aromatic carbocycles. The molecule has 1 aliphatic heterocycles. The molecule has 27 heavy (non-hydrogen) atoms. The highest BCUT2D eigenvalue weighted by Crippen LogP contribution is 2.51. The molecule has 3 N–H and O–H groups in total. The third-order valence-electron chi connectivity index (χ3n) is 5.29. The van der Waals surface area contributed by atoms with Crippen molar-refractivity contribution in [2.75, 3.05) is 39.5 Å². The number of aliphatic hydroxyl groups is 2. The maximum atomic E-state index is 10.2. The molecule has 2 aliphatic rings. The minimum absolute atomic E-state index is 0.0515. The lowest BCUT2D eigenvalue weighted by atomic mass is 9.71. The Labute approximate surface area is 163 Å². The van der Waals surface area contributed by atoms with Crippen LogP contribution in [0, 0.1) is 5.92 Å². The quantitative estimate of drug-likeness (QED) is 0.437. The summed E-state index contributed by atoms with van der Waals surface area (Å²) in [4.78, 5) is 11.1. The van der Waals surface area contributed by atoms with E-state index in [0.717, 1.165) is 18.1 Å². The zero-order chi connectivity index (χ0) is 20.5. The van der Waals surface area contributed by atoms with E-state index in [-0.39, 0.29) is 37.5 Å². The average Bonchev–Trinajstić information content (AvgIpc) is 3.34.